The molecule has 2 heterocycles. The van der Waals surface area contributed by atoms with Crippen LogP contribution in [0.3, 0.4) is 0 Å². The molecule has 1 amide bonds. The molecule has 2 aromatic heterocycles. The van der Waals surface area contributed by atoms with Gasteiger partial charge in [0, 0.05) is 18.4 Å². The summed E-state index contributed by atoms with van der Waals surface area (Å²) in [5.41, 5.74) is 2.19. The summed E-state index contributed by atoms with van der Waals surface area (Å²) in [5, 5.41) is 3.54. The van der Waals surface area contributed by atoms with Crippen molar-refractivity contribution in [3.05, 3.63) is 76.1 Å². The van der Waals surface area contributed by atoms with Gasteiger partial charge in [-0.2, -0.15) is 0 Å². The highest BCUT2D eigenvalue weighted by Crippen LogP contribution is 2.37. The first-order chi connectivity index (χ1) is 14.0. The number of carbonyl (C=O) groups excluding carboxylic acids is 1. The molecule has 4 aromatic rings. The number of nitrogens with zero attached hydrogens (tertiary/aromatic N) is 3. The van der Waals surface area contributed by atoms with Gasteiger partial charge in [-0.3, -0.25) is 4.79 Å². The third-order valence-corrected chi connectivity index (χ3v) is 6.04. The van der Waals surface area contributed by atoms with Gasteiger partial charge < -0.3 is 10.2 Å². The Kier molecular flexibility index (Phi) is 5.17. The lowest BCUT2D eigenvalue weighted by molar-refractivity contribution is 0.103. The van der Waals surface area contributed by atoms with Crippen LogP contribution in [0.4, 0.5) is 21.6 Å². The van der Waals surface area contributed by atoms with E-state index < -0.39 is 5.82 Å². The second-order valence-electron chi connectivity index (χ2n) is 6.41. The number of carbonyl (C=O) groups is 1. The van der Waals surface area contributed by atoms with E-state index in [1.165, 1.54) is 35.9 Å². The highest BCUT2D eigenvalue weighted by Gasteiger charge is 2.21. The fourth-order valence-electron chi connectivity index (χ4n) is 3.06. The van der Waals surface area contributed by atoms with E-state index in [-0.39, 0.29) is 10.9 Å². The van der Waals surface area contributed by atoms with Crippen LogP contribution in [-0.4, -0.2) is 22.9 Å². The molecule has 1 N–H and O–H groups in total. The summed E-state index contributed by atoms with van der Waals surface area (Å²) in [6.45, 7) is 1.87. The Morgan fingerprint density at radius 3 is 2.66 bits per heavy atom. The molecule has 0 saturated carbocycles. The zero-order valence-corrected chi connectivity index (χ0v) is 17.2. The third-order valence-electron chi connectivity index (χ3n) is 4.55. The summed E-state index contributed by atoms with van der Waals surface area (Å²) in [6, 6.07) is 13.9. The molecular formula is C21H16ClFN4OS. The standard InChI is InChI=1S/C21H16ClFN4OS/c1-12-17-19(27(2)14-6-4-3-5-7-14)24-11-25-21(17)29-18(12)20(28)26-13-8-9-16(23)15(22)10-13/h3-11H,1-2H3,(H,26,28). The van der Waals surface area contributed by atoms with Crippen molar-refractivity contribution >= 4 is 56.3 Å². The first-order valence-corrected chi connectivity index (χ1v) is 9.94. The Morgan fingerprint density at radius 1 is 1.17 bits per heavy atom. The summed E-state index contributed by atoms with van der Waals surface area (Å²) in [6.07, 6.45) is 1.49. The molecule has 146 valence electrons. The van der Waals surface area contributed by atoms with Gasteiger partial charge in [-0.15, -0.1) is 11.3 Å². The van der Waals surface area contributed by atoms with Gasteiger partial charge in [-0.1, -0.05) is 29.8 Å². The molecule has 8 heteroatoms. The molecule has 0 aliphatic rings. The summed E-state index contributed by atoms with van der Waals surface area (Å²) < 4.78 is 13.4. The zero-order valence-electron chi connectivity index (χ0n) is 15.6. The molecule has 4 rings (SSSR count). The topological polar surface area (TPSA) is 58.1 Å². The van der Waals surface area contributed by atoms with Crippen LogP contribution in [0.15, 0.2) is 54.9 Å². The predicted octanol–water partition coefficient (Wildman–Crippen LogP) is 5.81. The SMILES string of the molecule is Cc1c(C(=O)Nc2ccc(F)c(Cl)c2)sc2ncnc(N(C)c3ccccc3)c12. The van der Waals surface area contributed by atoms with Crippen molar-refractivity contribution < 1.29 is 9.18 Å². The van der Waals surface area contributed by atoms with Crippen LogP contribution in [0, 0.1) is 12.7 Å². The summed E-state index contributed by atoms with van der Waals surface area (Å²) in [7, 11) is 1.93. The minimum atomic E-state index is -0.536. The normalized spacial score (nSPS) is 10.9. The second-order valence-corrected chi connectivity index (χ2v) is 7.82. The fourth-order valence-corrected chi connectivity index (χ4v) is 4.28. The number of benzene rings is 2. The number of rotatable bonds is 4. The Balaban J connectivity index is 1.72. The Bertz CT molecular complexity index is 1210. The highest BCUT2D eigenvalue weighted by atomic mass is 35.5. The number of anilines is 3. The van der Waals surface area contributed by atoms with Gasteiger partial charge in [0.2, 0.25) is 0 Å². The first kappa shape index (κ1) is 19.3. The van der Waals surface area contributed by atoms with Crippen LogP contribution < -0.4 is 10.2 Å². The quantitative estimate of drug-likeness (QED) is 0.447. The van der Waals surface area contributed by atoms with Gasteiger partial charge in [-0.25, -0.2) is 14.4 Å². The lowest BCUT2D eigenvalue weighted by Gasteiger charge is -2.19. The number of aryl methyl sites for hydroxylation is 1. The summed E-state index contributed by atoms with van der Waals surface area (Å²) in [5.74, 6) is -0.119. The maximum absolute atomic E-state index is 13.4. The van der Waals surface area contributed by atoms with Gasteiger partial charge in [-0.05, 0) is 42.8 Å². The Hall–Kier alpha value is -3.03. The predicted molar refractivity (Wildman–Crippen MR) is 116 cm³/mol. The maximum atomic E-state index is 13.4. The van der Waals surface area contributed by atoms with Gasteiger partial charge in [0.05, 0.1) is 15.3 Å². The van der Waals surface area contributed by atoms with Crippen molar-refractivity contribution in [1.29, 1.82) is 0 Å². The molecule has 0 aliphatic heterocycles. The Morgan fingerprint density at radius 2 is 1.93 bits per heavy atom. The second kappa shape index (κ2) is 7.77. The number of fused-ring (bicyclic) bond motifs is 1. The van der Waals surface area contributed by atoms with E-state index in [1.807, 2.05) is 49.2 Å². The van der Waals surface area contributed by atoms with E-state index in [0.717, 1.165) is 27.3 Å². The number of amides is 1. The van der Waals surface area contributed by atoms with Crippen molar-refractivity contribution in [3.8, 4) is 0 Å². The smallest absolute Gasteiger partial charge is 0.266 e. The molecule has 29 heavy (non-hydrogen) atoms. The third kappa shape index (κ3) is 3.66. The largest absolute Gasteiger partial charge is 0.329 e. The number of aromatic nitrogens is 2. The van der Waals surface area contributed by atoms with Crippen molar-refractivity contribution in [2.75, 3.05) is 17.3 Å². The average Bonchev–Trinajstić information content (AvgIpc) is 3.08. The number of nitrogens with one attached hydrogen (secondary N) is 1. The first-order valence-electron chi connectivity index (χ1n) is 8.75. The van der Waals surface area contributed by atoms with E-state index in [9.17, 15) is 9.18 Å². The molecule has 0 spiro atoms. The van der Waals surface area contributed by atoms with Crippen molar-refractivity contribution in [3.63, 3.8) is 0 Å². The van der Waals surface area contributed by atoms with Gasteiger partial charge in [0.1, 0.15) is 22.8 Å². The van der Waals surface area contributed by atoms with Crippen LogP contribution in [0.5, 0.6) is 0 Å². The molecule has 5 nitrogen and oxygen atoms in total. The van der Waals surface area contributed by atoms with E-state index >= 15 is 0 Å². The monoisotopic (exact) mass is 426 g/mol. The van der Waals surface area contributed by atoms with E-state index in [0.29, 0.717) is 10.6 Å². The zero-order chi connectivity index (χ0) is 20.5. The summed E-state index contributed by atoms with van der Waals surface area (Å²) in [4.78, 5) is 24.9. The number of halogens is 2. The van der Waals surface area contributed by atoms with Crippen LogP contribution in [-0.2, 0) is 0 Å². The van der Waals surface area contributed by atoms with Crippen LogP contribution in [0.25, 0.3) is 10.2 Å². The number of hydrogen-bond donors (Lipinski definition) is 1. The van der Waals surface area contributed by atoms with E-state index in [1.54, 1.807) is 0 Å². The average molecular weight is 427 g/mol. The molecular weight excluding hydrogens is 411 g/mol. The van der Waals surface area contributed by atoms with Gasteiger partial charge in [0.15, 0.2) is 0 Å². The maximum Gasteiger partial charge on any atom is 0.266 e. The fraction of sp³-hybridized carbons (Fsp3) is 0.0952. The lowest BCUT2D eigenvalue weighted by Crippen LogP contribution is -2.13. The summed E-state index contributed by atoms with van der Waals surface area (Å²) >= 11 is 7.09. The van der Waals surface area contributed by atoms with Crippen molar-refractivity contribution in [1.82, 2.24) is 9.97 Å². The molecule has 0 saturated heterocycles. The van der Waals surface area contributed by atoms with Crippen molar-refractivity contribution in [2.24, 2.45) is 0 Å². The molecule has 0 aliphatic carbocycles. The molecule has 0 radical (unpaired) electrons. The molecule has 0 unspecified atom stereocenters. The molecule has 2 aromatic carbocycles. The lowest BCUT2D eigenvalue weighted by atomic mass is 10.1. The van der Waals surface area contributed by atoms with Crippen LogP contribution >= 0.6 is 22.9 Å². The van der Waals surface area contributed by atoms with Crippen LogP contribution in [0.1, 0.15) is 15.2 Å². The minimum absolute atomic E-state index is 0.0477. The van der Waals surface area contributed by atoms with E-state index in [2.05, 4.69) is 15.3 Å². The van der Waals surface area contributed by atoms with E-state index in [4.69, 9.17) is 11.6 Å². The Labute approximate surface area is 175 Å². The molecule has 0 bridgehead atoms. The molecule has 0 fully saturated rings. The number of thiophene rings is 1. The highest BCUT2D eigenvalue weighted by molar-refractivity contribution is 7.20. The van der Waals surface area contributed by atoms with Crippen LogP contribution in [0.2, 0.25) is 5.02 Å². The van der Waals surface area contributed by atoms with Gasteiger partial charge >= 0.3 is 0 Å². The number of para-hydroxylation sites is 1. The molecule has 0 atom stereocenters. The van der Waals surface area contributed by atoms with Crippen molar-refractivity contribution in [2.45, 2.75) is 6.92 Å². The van der Waals surface area contributed by atoms with Gasteiger partial charge in [0.25, 0.3) is 5.91 Å². The number of hydrogen-bond acceptors (Lipinski definition) is 5. The minimum Gasteiger partial charge on any atom is -0.329 e.